The molecule has 1 aromatic heterocycles. The maximum Gasteiger partial charge on any atom is 0.138 e. The normalized spacial score (nSPS) is 10.6. The van der Waals surface area contributed by atoms with E-state index in [0.29, 0.717) is 5.84 Å². The highest BCUT2D eigenvalue weighted by Gasteiger charge is 2.02. The first-order valence-corrected chi connectivity index (χ1v) is 10.2. The van der Waals surface area contributed by atoms with E-state index < -0.39 is 0 Å². The third-order valence-electron chi connectivity index (χ3n) is 4.63. The van der Waals surface area contributed by atoms with E-state index in [1.807, 2.05) is 54.6 Å². The molecule has 152 valence electrons. The SMILES string of the molecule is N=C(Nc1ccc(OCCCCCCCCn2cnnn2)cc1)c1ccccc1. The minimum Gasteiger partial charge on any atom is -0.494 e. The first-order chi connectivity index (χ1) is 14.3. The van der Waals surface area contributed by atoms with Crippen molar-refractivity contribution in [3.05, 3.63) is 66.5 Å². The van der Waals surface area contributed by atoms with Crippen molar-refractivity contribution in [1.29, 1.82) is 5.41 Å². The molecule has 0 amide bonds. The van der Waals surface area contributed by atoms with E-state index in [4.69, 9.17) is 10.1 Å². The van der Waals surface area contributed by atoms with Crippen molar-refractivity contribution in [3.8, 4) is 5.75 Å². The van der Waals surface area contributed by atoms with Gasteiger partial charge < -0.3 is 10.1 Å². The van der Waals surface area contributed by atoms with Crippen LogP contribution < -0.4 is 10.1 Å². The lowest BCUT2D eigenvalue weighted by atomic mass is 10.1. The second-order valence-electron chi connectivity index (χ2n) is 6.93. The van der Waals surface area contributed by atoms with Gasteiger partial charge in [0.1, 0.15) is 17.9 Å². The summed E-state index contributed by atoms with van der Waals surface area (Å²) >= 11 is 0. The van der Waals surface area contributed by atoms with Crippen molar-refractivity contribution < 1.29 is 4.74 Å². The summed E-state index contributed by atoms with van der Waals surface area (Å²) < 4.78 is 7.60. The van der Waals surface area contributed by atoms with Crippen molar-refractivity contribution in [2.24, 2.45) is 0 Å². The van der Waals surface area contributed by atoms with Crippen molar-refractivity contribution in [2.45, 2.75) is 45.1 Å². The number of aryl methyl sites for hydroxylation is 1. The summed E-state index contributed by atoms with van der Waals surface area (Å²) in [6.07, 6.45) is 8.67. The molecule has 0 spiro atoms. The highest BCUT2D eigenvalue weighted by atomic mass is 16.5. The third kappa shape index (κ3) is 7.37. The van der Waals surface area contributed by atoms with Gasteiger partial charge in [-0.3, -0.25) is 5.41 Å². The summed E-state index contributed by atoms with van der Waals surface area (Å²) in [5.74, 6) is 1.25. The Morgan fingerprint density at radius 3 is 2.34 bits per heavy atom. The fourth-order valence-corrected chi connectivity index (χ4v) is 3.01. The molecule has 0 aliphatic carbocycles. The molecule has 2 N–H and O–H groups in total. The molecule has 7 heteroatoms. The van der Waals surface area contributed by atoms with Crippen molar-refractivity contribution in [3.63, 3.8) is 0 Å². The number of anilines is 1. The zero-order valence-electron chi connectivity index (χ0n) is 16.6. The van der Waals surface area contributed by atoms with E-state index in [-0.39, 0.29) is 0 Å². The summed E-state index contributed by atoms with van der Waals surface area (Å²) in [5.41, 5.74) is 1.75. The van der Waals surface area contributed by atoms with Gasteiger partial charge in [0.15, 0.2) is 0 Å². The van der Waals surface area contributed by atoms with E-state index >= 15 is 0 Å². The Kier molecular flexibility index (Phi) is 8.19. The van der Waals surface area contributed by atoms with Crippen molar-refractivity contribution in [1.82, 2.24) is 20.2 Å². The molecule has 1 heterocycles. The molecule has 0 aliphatic rings. The number of amidine groups is 1. The molecule has 3 rings (SSSR count). The van der Waals surface area contributed by atoms with Crippen molar-refractivity contribution >= 4 is 11.5 Å². The molecule has 7 nitrogen and oxygen atoms in total. The highest BCUT2D eigenvalue weighted by Crippen LogP contribution is 2.17. The first-order valence-electron chi connectivity index (χ1n) is 10.2. The van der Waals surface area contributed by atoms with E-state index in [1.54, 1.807) is 11.0 Å². The minimum atomic E-state index is 0.386. The summed E-state index contributed by atoms with van der Waals surface area (Å²) in [6, 6.07) is 17.4. The molecular weight excluding hydrogens is 364 g/mol. The zero-order chi connectivity index (χ0) is 20.2. The molecule has 0 aliphatic heterocycles. The molecule has 3 aromatic rings. The predicted octanol–water partition coefficient (Wildman–Crippen LogP) is 4.53. The molecule has 0 fully saturated rings. The summed E-state index contributed by atoms with van der Waals surface area (Å²) in [6.45, 7) is 1.63. The average molecular weight is 393 g/mol. The lowest BCUT2D eigenvalue weighted by Gasteiger charge is -2.10. The van der Waals surface area contributed by atoms with E-state index in [1.165, 1.54) is 25.7 Å². The van der Waals surface area contributed by atoms with Crippen LogP contribution in [0.1, 0.15) is 44.1 Å². The second kappa shape index (κ2) is 11.6. The number of unbranched alkanes of at least 4 members (excludes halogenated alkanes) is 5. The standard InChI is InChI=1S/C22H28N6O/c23-22(19-10-6-5-7-11-19)25-20-12-14-21(15-13-20)29-17-9-4-2-1-3-8-16-28-18-24-26-27-28/h5-7,10-15,18H,1-4,8-9,16-17H2,(H2,23,25). The number of nitrogens with one attached hydrogen (secondary N) is 2. The number of benzene rings is 2. The second-order valence-corrected chi connectivity index (χ2v) is 6.93. The molecule has 0 bridgehead atoms. The lowest BCUT2D eigenvalue weighted by molar-refractivity contribution is 0.304. The molecule has 0 radical (unpaired) electrons. The molecule has 0 atom stereocenters. The van der Waals surface area contributed by atoms with Gasteiger partial charge >= 0.3 is 0 Å². The van der Waals surface area contributed by atoms with Gasteiger partial charge in [0.05, 0.1) is 6.61 Å². The number of rotatable bonds is 12. The maximum absolute atomic E-state index is 8.12. The molecular formula is C22H28N6O. The molecule has 0 saturated heterocycles. The Morgan fingerprint density at radius 2 is 1.62 bits per heavy atom. The van der Waals surface area contributed by atoms with Gasteiger partial charge in [0, 0.05) is 17.8 Å². The summed E-state index contributed by atoms with van der Waals surface area (Å²) in [7, 11) is 0. The lowest BCUT2D eigenvalue weighted by Crippen LogP contribution is -2.11. The smallest absolute Gasteiger partial charge is 0.138 e. The first kappa shape index (κ1) is 20.5. The average Bonchev–Trinajstić information content (AvgIpc) is 3.28. The van der Waals surface area contributed by atoms with Crippen LogP contribution in [0.5, 0.6) is 5.75 Å². The fourth-order valence-electron chi connectivity index (χ4n) is 3.01. The summed E-state index contributed by atoms with van der Waals surface area (Å²) in [4.78, 5) is 0. The number of aromatic nitrogens is 4. The van der Waals surface area contributed by atoms with Crippen LogP contribution in [0, 0.1) is 5.41 Å². The Morgan fingerprint density at radius 1 is 0.897 bits per heavy atom. The monoisotopic (exact) mass is 392 g/mol. The minimum absolute atomic E-state index is 0.386. The van der Waals surface area contributed by atoms with Gasteiger partial charge in [-0.1, -0.05) is 56.0 Å². The van der Waals surface area contributed by atoms with Gasteiger partial charge in [0.2, 0.25) is 0 Å². The Hall–Kier alpha value is -3.22. The van der Waals surface area contributed by atoms with Crippen LogP contribution in [0.25, 0.3) is 0 Å². The van der Waals surface area contributed by atoms with Crippen LogP contribution in [-0.4, -0.2) is 32.6 Å². The number of hydrogen-bond acceptors (Lipinski definition) is 5. The molecule has 0 saturated carbocycles. The van der Waals surface area contributed by atoms with Gasteiger partial charge in [-0.05, 0) is 47.5 Å². The molecule has 0 unspecified atom stereocenters. The predicted molar refractivity (Wildman–Crippen MR) is 114 cm³/mol. The van der Waals surface area contributed by atoms with Gasteiger partial charge in [0.25, 0.3) is 0 Å². The Balaban J connectivity index is 1.24. The van der Waals surface area contributed by atoms with Gasteiger partial charge in [-0.2, -0.15) is 0 Å². The van der Waals surface area contributed by atoms with Crippen LogP contribution in [0.2, 0.25) is 0 Å². The number of hydrogen-bond donors (Lipinski definition) is 2. The van der Waals surface area contributed by atoms with Crippen LogP contribution >= 0.6 is 0 Å². The Bertz CT molecular complexity index is 834. The number of nitrogens with zero attached hydrogens (tertiary/aromatic N) is 4. The topological polar surface area (TPSA) is 88.7 Å². The van der Waals surface area contributed by atoms with Crippen LogP contribution in [0.3, 0.4) is 0 Å². The molecule has 2 aromatic carbocycles. The maximum atomic E-state index is 8.12. The molecule has 29 heavy (non-hydrogen) atoms. The van der Waals surface area contributed by atoms with Crippen molar-refractivity contribution in [2.75, 3.05) is 11.9 Å². The van der Waals surface area contributed by atoms with Gasteiger partial charge in [-0.15, -0.1) is 5.10 Å². The van der Waals surface area contributed by atoms with Gasteiger partial charge in [-0.25, -0.2) is 4.68 Å². The van der Waals surface area contributed by atoms with Crippen LogP contribution in [0.4, 0.5) is 5.69 Å². The number of tetrazole rings is 1. The highest BCUT2D eigenvalue weighted by molar-refractivity contribution is 6.06. The van der Waals surface area contributed by atoms with E-state index in [9.17, 15) is 0 Å². The largest absolute Gasteiger partial charge is 0.494 e. The third-order valence-corrected chi connectivity index (χ3v) is 4.63. The van der Waals surface area contributed by atoms with Crippen LogP contribution in [0.15, 0.2) is 60.9 Å². The van der Waals surface area contributed by atoms with E-state index in [2.05, 4.69) is 20.8 Å². The quantitative estimate of drug-likeness (QED) is 0.268. The van der Waals surface area contributed by atoms with E-state index in [0.717, 1.165) is 43.0 Å². The number of ether oxygens (including phenoxy) is 1. The fraction of sp³-hybridized carbons (Fsp3) is 0.364. The Labute approximate surface area is 171 Å². The van der Waals surface area contributed by atoms with Crippen LogP contribution in [-0.2, 0) is 6.54 Å². The zero-order valence-corrected chi connectivity index (χ0v) is 16.6. The summed E-state index contributed by atoms with van der Waals surface area (Å²) in [5, 5.41) is 22.4.